The van der Waals surface area contributed by atoms with E-state index in [1.165, 1.54) is 0 Å². The fourth-order valence-corrected chi connectivity index (χ4v) is 3.76. The van der Waals surface area contributed by atoms with Crippen LogP contribution in [0.2, 0.25) is 0 Å². The molecule has 0 radical (unpaired) electrons. The minimum Gasteiger partial charge on any atom is -0.493 e. The third kappa shape index (κ3) is 5.88. The summed E-state index contributed by atoms with van der Waals surface area (Å²) in [5.41, 5.74) is 1.28. The normalized spacial score (nSPS) is 11.3. The molecule has 3 aromatic rings. The zero-order valence-corrected chi connectivity index (χ0v) is 19.5. The fraction of sp³-hybridized carbons (Fsp3) is 0.455. The second kappa shape index (κ2) is 10.5. The van der Waals surface area contributed by atoms with Crippen molar-refractivity contribution in [2.24, 2.45) is 0 Å². The Labute approximate surface area is 187 Å². The van der Waals surface area contributed by atoms with Crippen molar-refractivity contribution in [2.45, 2.75) is 57.6 Å². The van der Waals surface area contributed by atoms with Crippen LogP contribution in [0.5, 0.6) is 5.75 Å². The zero-order chi connectivity index (χ0) is 22.4. The number of rotatable bonds is 10. The first-order valence-corrected chi connectivity index (χ1v) is 11.4. The number of benzene rings is 1. The van der Waals surface area contributed by atoms with Gasteiger partial charge in [-0.15, -0.1) is 0 Å². The highest BCUT2D eigenvalue weighted by atomic mass is 32.2. The minimum absolute atomic E-state index is 0.173. The summed E-state index contributed by atoms with van der Waals surface area (Å²) in [5.74, 6) is 1.19. The molecule has 0 unspecified atom stereocenters. The van der Waals surface area contributed by atoms with Crippen LogP contribution in [0, 0.1) is 0 Å². The molecule has 0 aliphatic carbocycles. The van der Waals surface area contributed by atoms with E-state index in [1.54, 1.807) is 30.1 Å². The van der Waals surface area contributed by atoms with Gasteiger partial charge in [-0.25, -0.2) is 14.6 Å². The van der Waals surface area contributed by atoms with E-state index in [9.17, 15) is 4.79 Å². The number of carbonyl (C=O) groups is 1. The highest BCUT2D eigenvalue weighted by Crippen LogP contribution is 2.27. The number of hydrogen-bond acceptors (Lipinski definition) is 7. The lowest BCUT2D eigenvalue weighted by molar-refractivity contribution is 0.0948. The highest BCUT2D eigenvalue weighted by Gasteiger charge is 2.16. The number of aromatic nitrogens is 4. The molecule has 9 heteroatoms. The number of hydrogen-bond donors (Lipinski definition) is 2. The van der Waals surface area contributed by atoms with Gasteiger partial charge < -0.3 is 15.4 Å². The standard InChI is InChI=1S/C22H30N6O2S/c1-6-30-18-10-8-7-9-16(18)21(29)23-11-12-28-20-17(13-24-28)19(25-14(2)3)26-22(27-20)31-15(4)5/h7-10,13-15H,6,11-12H2,1-5H3,(H,23,29)(H,25,26,27). The topological polar surface area (TPSA) is 94.0 Å². The van der Waals surface area contributed by atoms with Gasteiger partial charge in [0.2, 0.25) is 0 Å². The van der Waals surface area contributed by atoms with Crippen LogP contribution >= 0.6 is 11.8 Å². The van der Waals surface area contributed by atoms with Gasteiger partial charge >= 0.3 is 0 Å². The maximum Gasteiger partial charge on any atom is 0.255 e. The van der Waals surface area contributed by atoms with E-state index in [0.717, 1.165) is 16.9 Å². The zero-order valence-electron chi connectivity index (χ0n) is 18.7. The third-order valence-electron chi connectivity index (χ3n) is 4.28. The van der Waals surface area contributed by atoms with Gasteiger partial charge in [0.25, 0.3) is 5.91 Å². The first-order chi connectivity index (χ1) is 14.9. The van der Waals surface area contributed by atoms with Crippen LogP contribution in [0.4, 0.5) is 5.82 Å². The lowest BCUT2D eigenvalue weighted by Crippen LogP contribution is -2.28. The molecule has 166 valence electrons. The molecular weight excluding hydrogens is 412 g/mol. The number of carbonyl (C=O) groups excluding carboxylic acids is 1. The number of nitrogens with zero attached hydrogens (tertiary/aromatic N) is 4. The number of nitrogens with one attached hydrogen (secondary N) is 2. The predicted octanol–water partition coefficient (Wildman–Crippen LogP) is 3.98. The van der Waals surface area contributed by atoms with Gasteiger partial charge in [0, 0.05) is 17.8 Å². The van der Waals surface area contributed by atoms with E-state index in [-0.39, 0.29) is 11.9 Å². The Morgan fingerprint density at radius 2 is 1.97 bits per heavy atom. The van der Waals surface area contributed by atoms with E-state index >= 15 is 0 Å². The Kier molecular flexibility index (Phi) is 7.73. The molecule has 2 N–H and O–H groups in total. The van der Waals surface area contributed by atoms with Crippen molar-refractivity contribution in [3.63, 3.8) is 0 Å². The molecule has 0 spiro atoms. The summed E-state index contributed by atoms with van der Waals surface area (Å²) >= 11 is 1.61. The second-order valence-corrected chi connectivity index (χ2v) is 9.15. The maximum atomic E-state index is 12.6. The van der Waals surface area contributed by atoms with Crippen LogP contribution < -0.4 is 15.4 Å². The van der Waals surface area contributed by atoms with Crippen molar-refractivity contribution in [3.8, 4) is 5.75 Å². The Morgan fingerprint density at radius 1 is 1.19 bits per heavy atom. The number of thioether (sulfide) groups is 1. The van der Waals surface area contributed by atoms with Gasteiger partial charge in [-0.3, -0.25) is 4.79 Å². The van der Waals surface area contributed by atoms with E-state index < -0.39 is 0 Å². The molecule has 8 nitrogen and oxygen atoms in total. The van der Waals surface area contributed by atoms with E-state index in [0.29, 0.717) is 41.4 Å². The van der Waals surface area contributed by atoms with Crippen LogP contribution in [0.25, 0.3) is 11.0 Å². The average Bonchev–Trinajstić information content (AvgIpc) is 3.11. The molecule has 1 aromatic carbocycles. The summed E-state index contributed by atoms with van der Waals surface area (Å²) in [5, 5.41) is 12.8. The van der Waals surface area contributed by atoms with Crippen LogP contribution in [-0.4, -0.2) is 50.1 Å². The smallest absolute Gasteiger partial charge is 0.255 e. The first kappa shape index (κ1) is 22.9. The van der Waals surface area contributed by atoms with Gasteiger partial charge in [-0.1, -0.05) is 37.7 Å². The molecule has 31 heavy (non-hydrogen) atoms. The van der Waals surface area contributed by atoms with E-state index in [4.69, 9.17) is 9.72 Å². The highest BCUT2D eigenvalue weighted by molar-refractivity contribution is 7.99. The van der Waals surface area contributed by atoms with Crippen LogP contribution in [0.3, 0.4) is 0 Å². The summed E-state index contributed by atoms with van der Waals surface area (Å²) < 4.78 is 7.36. The summed E-state index contributed by atoms with van der Waals surface area (Å²) in [4.78, 5) is 22.0. The maximum absolute atomic E-state index is 12.6. The molecule has 1 amide bonds. The SMILES string of the molecule is CCOc1ccccc1C(=O)NCCn1ncc2c(NC(C)C)nc(SC(C)C)nc21. The van der Waals surface area contributed by atoms with Gasteiger partial charge in [-0.05, 0) is 32.9 Å². The van der Waals surface area contributed by atoms with E-state index in [2.05, 4.69) is 48.4 Å². The van der Waals surface area contributed by atoms with Crippen molar-refractivity contribution in [3.05, 3.63) is 36.0 Å². The molecule has 2 aromatic heterocycles. The van der Waals surface area contributed by atoms with Gasteiger partial charge in [0.05, 0.1) is 30.3 Å². The molecule has 0 aliphatic rings. The van der Waals surface area contributed by atoms with E-state index in [1.807, 2.05) is 23.7 Å². The Hall–Kier alpha value is -2.81. The van der Waals surface area contributed by atoms with Crippen LogP contribution in [-0.2, 0) is 6.54 Å². The monoisotopic (exact) mass is 442 g/mol. The predicted molar refractivity (Wildman–Crippen MR) is 125 cm³/mol. The van der Waals surface area contributed by atoms with Crippen LogP contribution in [0.15, 0.2) is 35.6 Å². The average molecular weight is 443 g/mol. The van der Waals surface area contributed by atoms with Crippen molar-refractivity contribution in [1.29, 1.82) is 0 Å². The number of fused-ring (bicyclic) bond motifs is 1. The number of anilines is 1. The molecule has 0 fully saturated rings. The molecule has 3 rings (SSSR count). The lowest BCUT2D eigenvalue weighted by Gasteiger charge is -2.13. The number of amides is 1. The first-order valence-electron chi connectivity index (χ1n) is 10.6. The molecule has 0 bridgehead atoms. The largest absolute Gasteiger partial charge is 0.493 e. The lowest BCUT2D eigenvalue weighted by atomic mass is 10.2. The van der Waals surface area contributed by atoms with Crippen LogP contribution in [0.1, 0.15) is 45.0 Å². The fourth-order valence-electron chi connectivity index (χ4n) is 3.05. The number of ether oxygens (including phenoxy) is 1. The summed E-state index contributed by atoms with van der Waals surface area (Å²) in [6.07, 6.45) is 1.77. The summed E-state index contributed by atoms with van der Waals surface area (Å²) in [7, 11) is 0. The summed E-state index contributed by atoms with van der Waals surface area (Å²) in [6.45, 7) is 11.7. The molecule has 0 saturated heterocycles. The molecule has 0 aliphatic heterocycles. The molecular formula is C22H30N6O2S. The van der Waals surface area contributed by atoms with Gasteiger partial charge in [0.1, 0.15) is 11.6 Å². The second-order valence-electron chi connectivity index (χ2n) is 7.61. The quantitative estimate of drug-likeness (QED) is 0.362. The van der Waals surface area contributed by atoms with Crippen molar-refractivity contribution < 1.29 is 9.53 Å². The summed E-state index contributed by atoms with van der Waals surface area (Å²) in [6, 6.07) is 7.48. The van der Waals surface area contributed by atoms with Gasteiger partial charge in [-0.2, -0.15) is 5.10 Å². The third-order valence-corrected chi connectivity index (χ3v) is 5.15. The Balaban J connectivity index is 1.76. The van der Waals surface area contributed by atoms with Gasteiger partial charge in [0.15, 0.2) is 10.8 Å². The Morgan fingerprint density at radius 3 is 2.68 bits per heavy atom. The van der Waals surface area contributed by atoms with Crippen molar-refractivity contribution >= 4 is 34.5 Å². The minimum atomic E-state index is -0.173. The molecule has 0 atom stereocenters. The molecule has 0 saturated carbocycles. The number of para-hydroxylation sites is 1. The van der Waals surface area contributed by atoms with Crippen molar-refractivity contribution in [2.75, 3.05) is 18.5 Å². The Bertz CT molecular complexity index is 1030. The van der Waals surface area contributed by atoms with Crippen molar-refractivity contribution in [1.82, 2.24) is 25.1 Å². The molecule has 2 heterocycles.